The second-order valence-electron chi connectivity index (χ2n) is 13.5. The van der Waals surface area contributed by atoms with Crippen LogP contribution in [0.2, 0.25) is 0 Å². The third kappa shape index (κ3) is 6.33. The fraction of sp³-hybridized carbons (Fsp3) is 0.529. The van der Waals surface area contributed by atoms with E-state index in [9.17, 15) is 18.4 Å². The summed E-state index contributed by atoms with van der Waals surface area (Å²) in [6.07, 6.45) is 0.539. The van der Waals surface area contributed by atoms with Crippen molar-refractivity contribution in [1.82, 2.24) is 29.3 Å². The van der Waals surface area contributed by atoms with Gasteiger partial charge in [0.2, 0.25) is 5.91 Å². The standard InChI is InChI=1S/C34H39F4N7O4/c1-17-23-7-6-19-13-25(45(29(19)41-23)16-34(37,38)9-4-5-18-11-21(18)31(46)40-17)30-42-24-12-20(14-27(48-3)28(24)43(30)2)32(47)44-10-8-26(22(39)15-44)49-33(35)36/h6-7,12-14,17-18,21-22,26,33H,4-5,8-11,15-16,39H2,1-3H3,(H,40,46)/t17-,18-,21-,22+,26-/m1/s1. The van der Waals surface area contributed by atoms with Crippen LogP contribution < -0.4 is 15.8 Å². The normalized spacial score (nSPS) is 25.8. The molecule has 1 aromatic carbocycles. The number of alkyl halides is 4. The lowest BCUT2D eigenvalue weighted by atomic mass is 10.0. The van der Waals surface area contributed by atoms with Crippen LogP contribution in [0.4, 0.5) is 17.6 Å². The maximum atomic E-state index is 15.7. The number of benzene rings is 1. The first-order valence-corrected chi connectivity index (χ1v) is 16.5. The summed E-state index contributed by atoms with van der Waals surface area (Å²) in [6, 6.07) is 7.34. The van der Waals surface area contributed by atoms with E-state index in [1.165, 1.54) is 16.6 Å². The maximum absolute atomic E-state index is 15.7. The highest BCUT2D eigenvalue weighted by Crippen LogP contribution is 2.44. The molecule has 7 rings (SSSR count). The molecule has 262 valence electrons. The number of nitrogens with zero attached hydrogens (tertiary/aromatic N) is 5. The van der Waals surface area contributed by atoms with Gasteiger partial charge in [-0.25, -0.2) is 18.7 Å². The van der Waals surface area contributed by atoms with E-state index in [0.29, 0.717) is 64.3 Å². The number of likely N-dealkylation sites (tertiary alicyclic amines) is 1. The summed E-state index contributed by atoms with van der Waals surface area (Å²) in [6.45, 7) is -1.54. The molecule has 4 aromatic rings. The number of methoxy groups -OCH3 is 1. The van der Waals surface area contributed by atoms with Crippen molar-refractivity contribution in [3.05, 3.63) is 41.6 Å². The zero-order valence-corrected chi connectivity index (χ0v) is 27.5. The number of piperidine rings is 1. The van der Waals surface area contributed by atoms with Crippen molar-refractivity contribution < 1.29 is 36.6 Å². The number of carbonyl (C=O) groups excluding carboxylic acids is 2. The highest BCUT2D eigenvalue weighted by Gasteiger charge is 2.43. The Balaban J connectivity index is 1.28. The largest absolute Gasteiger partial charge is 0.494 e. The van der Waals surface area contributed by atoms with Crippen molar-refractivity contribution in [3.8, 4) is 17.3 Å². The molecule has 2 fully saturated rings. The molecule has 49 heavy (non-hydrogen) atoms. The van der Waals surface area contributed by atoms with E-state index in [1.54, 1.807) is 35.9 Å². The van der Waals surface area contributed by atoms with Gasteiger partial charge >= 0.3 is 6.61 Å². The van der Waals surface area contributed by atoms with Gasteiger partial charge in [-0.15, -0.1) is 0 Å². The molecule has 0 radical (unpaired) electrons. The number of nitrogens with one attached hydrogen (secondary N) is 1. The van der Waals surface area contributed by atoms with E-state index >= 15 is 8.78 Å². The molecule has 1 saturated carbocycles. The average Bonchev–Trinajstić information content (AvgIpc) is 3.65. The van der Waals surface area contributed by atoms with Crippen LogP contribution >= 0.6 is 0 Å². The van der Waals surface area contributed by atoms with Crippen LogP contribution in [0.5, 0.6) is 5.75 Å². The molecule has 0 unspecified atom stereocenters. The SMILES string of the molecule is COc1cc(C(=O)N2CC[C@@H](OC(F)F)[C@@H](N)C2)cc2nc(-c3cc4ccc5nc4n3CC(F)(F)CCC[C@@H]3C[C@H]3C(=O)N[C@@H]5C)n(C)c12. The maximum Gasteiger partial charge on any atom is 0.345 e. The second kappa shape index (κ2) is 12.6. The molecule has 3 aliphatic rings. The lowest BCUT2D eigenvalue weighted by molar-refractivity contribution is -0.175. The average molecular weight is 686 g/mol. The Morgan fingerprint density at radius 2 is 1.96 bits per heavy atom. The molecule has 15 heteroatoms. The summed E-state index contributed by atoms with van der Waals surface area (Å²) >= 11 is 0. The summed E-state index contributed by atoms with van der Waals surface area (Å²) in [7, 11) is 3.20. The van der Waals surface area contributed by atoms with Crippen molar-refractivity contribution in [2.45, 2.75) is 76.3 Å². The van der Waals surface area contributed by atoms with Crippen LogP contribution in [-0.4, -0.2) is 80.7 Å². The molecule has 3 aromatic heterocycles. The predicted octanol–water partition coefficient (Wildman–Crippen LogP) is 5.01. The molecule has 11 nitrogen and oxygen atoms in total. The Kier molecular flexibility index (Phi) is 8.54. The molecule has 2 bridgehead atoms. The Hall–Kier alpha value is -4.24. The molecular weight excluding hydrogens is 646 g/mol. The number of imidazole rings is 1. The topological polar surface area (TPSA) is 130 Å². The van der Waals surface area contributed by atoms with Crippen LogP contribution in [0.3, 0.4) is 0 Å². The number of hydrogen-bond acceptors (Lipinski definition) is 7. The summed E-state index contributed by atoms with van der Waals surface area (Å²) in [4.78, 5) is 37.6. The summed E-state index contributed by atoms with van der Waals surface area (Å²) in [5.41, 5.74) is 8.58. The minimum atomic E-state index is -3.06. The third-order valence-electron chi connectivity index (χ3n) is 10.1. The Morgan fingerprint density at radius 3 is 2.69 bits per heavy atom. The van der Waals surface area contributed by atoms with Crippen LogP contribution in [0.15, 0.2) is 30.3 Å². The van der Waals surface area contributed by atoms with Crippen molar-refractivity contribution in [2.24, 2.45) is 24.6 Å². The number of carbonyl (C=O) groups is 2. The van der Waals surface area contributed by atoms with Gasteiger partial charge in [0.25, 0.3) is 11.8 Å². The number of nitrogens with two attached hydrogens (primary N) is 1. The van der Waals surface area contributed by atoms with Gasteiger partial charge in [-0.3, -0.25) is 9.59 Å². The molecule has 3 N–H and O–H groups in total. The number of hydrogen-bond donors (Lipinski definition) is 2. The minimum Gasteiger partial charge on any atom is -0.494 e. The van der Waals surface area contributed by atoms with Crippen molar-refractivity contribution in [1.29, 1.82) is 0 Å². The molecule has 1 aliphatic carbocycles. The Labute approximate surface area is 279 Å². The van der Waals surface area contributed by atoms with Gasteiger partial charge in [0, 0.05) is 49.5 Å². The van der Waals surface area contributed by atoms with Gasteiger partial charge in [-0.1, -0.05) is 0 Å². The highest BCUT2D eigenvalue weighted by atomic mass is 19.3. The van der Waals surface area contributed by atoms with Gasteiger partial charge in [0.05, 0.1) is 42.7 Å². The van der Waals surface area contributed by atoms with Gasteiger partial charge in [-0.05, 0) is 68.9 Å². The monoisotopic (exact) mass is 685 g/mol. The van der Waals surface area contributed by atoms with Crippen LogP contribution in [-0.2, 0) is 23.1 Å². The molecular formula is C34H39F4N7O4. The third-order valence-corrected chi connectivity index (χ3v) is 10.1. The van der Waals surface area contributed by atoms with E-state index in [4.69, 9.17) is 20.4 Å². The second-order valence-corrected chi connectivity index (χ2v) is 13.5. The summed E-state index contributed by atoms with van der Waals surface area (Å²) in [5.74, 6) is -2.82. The Morgan fingerprint density at radius 1 is 1.16 bits per heavy atom. The molecule has 2 amide bonds. The van der Waals surface area contributed by atoms with Crippen molar-refractivity contribution in [2.75, 3.05) is 20.2 Å². The van der Waals surface area contributed by atoms with E-state index in [0.717, 1.165) is 0 Å². The van der Waals surface area contributed by atoms with Crippen LogP contribution in [0, 0.1) is 11.8 Å². The first-order chi connectivity index (χ1) is 23.3. The predicted molar refractivity (Wildman–Crippen MR) is 172 cm³/mol. The number of pyridine rings is 1. The number of fused-ring (bicyclic) bond motifs is 3. The van der Waals surface area contributed by atoms with E-state index < -0.39 is 37.3 Å². The number of amides is 2. The molecule has 1 saturated heterocycles. The molecule has 0 spiro atoms. The summed E-state index contributed by atoms with van der Waals surface area (Å²) in [5, 5.41) is 3.68. The smallest absolute Gasteiger partial charge is 0.345 e. The van der Waals surface area contributed by atoms with Gasteiger partial charge in [0.15, 0.2) is 5.82 Å². The van der Waals surface area contributed by atoms with Gasteiger partial charge in [0.1, 0.15) is 16.9 Å². The van der Waals surface area contributed by atoms with Gasteiger partial charge < -0.3 is 34.6 Å². The number of aromatic nitrogens is 4. The van der Waals surface area contributed by atoms with Crippen molar-refractivity contribution >= 4 is 33.9 Å². The highest BCUT2D eigenvalue weighted by molar-refractivity contribution is 6.00. The Bertz CT molecular complexity index is 1930. The first-order valence-electron chi connectivity index (χ1n) is 16.5. The molecule has 5 atom stereocenters. The number of ether oxygens (including phenoxy) is 2. The first kappa shape index (κ1) is 33.3. The van der Waals surface area contributed by atoms with E-state index in [2.05, 4.69) is 10.1 Å². The molecule has 2 aliphatic heterocycles. The number of halogens is 4. The van der Waals surface area contributed by atoms with Gasteiger partial charge in [-0.2, -0.15) is 8.78 Å². The van der Waals surface area contributed by atoms with E-state index in [1.807, 2.05) is 13.0 Å². The zero-order chi connectivity index (χ0) is 34.8. The van der Waals surface area contributed by atoms with E-state index in [-0.39, 0.29) is 55.1 Å². The zero-order valence-electron chi connectivity index (χ0n) is 27.5. The minimum absolute atomic E-state index is 0.0247. The van der Waals surface area contributed by atoms with Crippen LogP contribution in [0.1, 0.15) is 61.1 Å². The van der Waals surface area contributed by atoms with Crippen LogP contribution in [0.25, 0.3) is 33.6 Å². The summed E-state index contributed by atoms with van der Waals surface area (Å²) < 4.78 is 70.5. The number of rotatable bonds is 5. The lowest BCUT2D eigenvalue weighted by Gasteiger charge is -2.36. The quantitative estimate of drug-likeness (QED) is 0.283. The number of aryl methyl sites for hydroxylation is 1. The molecule has 5 heterocycles. The fourth-order valence-corrected chi connectivity index (χ4v) is 7.39. The fourth-order valence-electron chi connectivity index (χ4n) is 7.39. The van der Waals surface area contributed by atoms with Crippen molar-refractivity contribution in [3.63, 3.8) is 0 Å². The lowest BCUT2D eigenvalue weighted by Crippen LogP contribution is -2.54.